The highest BCUT2D eigenvalue weighted by Gasteiger charge is 2.38. The van der Waals surface area contributed by atoms with E-state index in [2.05, 4.69) is 15.2 Å². The van der Waals surface area contributed by atoms with Crippen molar-refractivity contribution < 1.29 is 17.9 Å². The van der Waals surface area contributed by atoms with Crippen LogP contribution in [0, 0.1) is 6.92 Å². The zero-order chi connectivity index (χ0) is 19.0. The molecule has 2 saturated heterocycles. The summed E-state index contributed by atoms with van der Waals surface area (Å²) in [4.78, 5) is 6.55. The van der Waals surface area contributed by atoms with Crippen LogP contribution in [0.25, 0.3) is 0 Å². The van der Waals surface area contributed by atoms with Gasteiger partial charge in [0.05, 0.1) is 30.0 Å². The second-order valence-electron chi connectivity index (χ2n) is 7.23. The Balaban J connectivity index is 1.36. The summed E-state index contributed by atoms with van der Waals surface area (Å²) < 4.78 is 38.3. The number of anilines is 1. The lowest BCUT2D eigenvalue weighted by Crippen LogP contribution is -2.59. The van der Waals surface area contributed by atoms with Crippen LogP contribution in [-0.2, 0) is 14.8 Å². The molecule has 2 fully saturated rings. The highest BCUT2D eigenvalue weighted by atomic mass is 35.5. The Labute approximate surface area is 164 Å². The van der Waals surface area contributed by atoms with E-state index >= 15 is 0 Å². The van der Waals surface area contributed by atoms with Crippen LogP contribution in [0.15, 0.2) is 6.20 Å². The molecule has 27 heavy (non-hydrogen) atoms. The maximum Gasteiger partial charge on any atom is 0.216 e. The number of piperazine rings is 1. The van der Waals surface area contributed by atoms with Gasteiger partial charge < -0.3 is 19.7 Å². The molecule has 1 N–H and O–H groups in total. The van der Waals surface area contributed by atoms with Crippen LogP contribution in [0.3, 0.4) is 0 Å². The summed E-state index contributed by atoms with van der Waals surface area (Å²) >= 11 is 6.13. The number of ether oxygens (including phenoxy) is 2. The normalized spacial score (nSPS) is 25.3. The van der Waals surface area contributed by atoms with Crippen LogP contribution >= 0.6 is 11.6 Å². The molecular formula is C17H25ClN4O4S. The molecule has 0 spiro atoms. The number of nitrogens with one attached hydrogen (secondary N) is 1. The molecule has 0 amide bonds. The summed E-state index contributed by atoms with van der Waals surface area (Å²) in [6.45, 7) is 5.56. The first-order valence-electron chi connectivity index (χ1n) is 9.29. The molecule has 0 saturated carbocycles. The highest BCUT2D eigenvalue weighted by molar-refractivity contribution is 7.89. The fraction of sp³-hybridized carbons (Fsp3) is 0.706. The lowest BCUT2D eigenvalue weighted by molar-refractivity contribution is 0.102. The number of hydrogen-bond donors (Lipinski definition) is 1. The molecule has 4 rings (SSSR count). The number of rotatable bonds is 6. The summed E-state index contributed by atoms with van der Waals surface area (Å²) in [6, 6.07) is 0.328. The van der Waals surface area contributed by atoms with Gasteiger partial charge in [-0.3, -0.25) is 0 Å². The van der Waals surface area contributed by atoms with Gasteiger partial charge in [-0.05, 0) is 19.9 Å². The van der Waals surface area contributed by atoms with Gasteiger partial charge in [-0.2, -0.15) is 4.31 Å². The van der Waals surface area contributed by atoms with Gasteiger partial charge >= 0.3 is 0 Å². The number of pyridine rings is 1. The van der Waals surface area contributed by atoms with Crippen molar-refractivity contribution in [3.8, 4) is 5.75 Å². The zero-order valence-corrected chi connectivity index (χ0v) is 16.9. The quantitative estimate of drug-likeness (QED) is 0.681. The number of sulfonamides is 1. The fourth-order valence-corrected chi connectivity index (χ4v) is 5.10. The van der Waals surface area contributed by atoms with Crippen molar-refractivity contribution in [2.75, 3.05) is 56.7 Å². The molecule has 0 bridgehead atoms. The average Bonchev–Trinajstić information content (AvgIpc) is 2.62. The van der Waals surface area contributed by atoms with Crippen molar-refractivity contribution in [3.63, 3.8) is 0 Å². The van der Waals surface area contributed by atoms with Gasteiger partial charge in [-0.25, -0.2) is 13.4 Å². The van der Waals surface area contributed by atoms with Gasteiger partial charge in [-0.1, -0.05) is 11.6 Å². The van der Waals surface area contributed by atoms with Crippen molar-refractivity contribution in [3.05, 3.63) is 16.8 Å². The smallest absolute Gasteiger partial charge is 0.216 e. The van der Waals surface area contributed by atoms with E-state index in [1.54, 1.807) is 10.5 Å². The van der Waals surface area contributed by atoms with Crippen molar-refractivity contribution in [1.29, 1.82) is 0 Å². The second kappa shape index (κ2) is 7.71. The Bertz CT molecular complexity index is 802. The third-order valence-corrected chi connectivity index (χ3v) is 7.65. The summed E-state index contributed by atoms with van der Waals surface area (Å²) in [5.41, 5.74) is 0.869. The summed E-state index contributed by atoms with van der Waals surface area (Å²) in [6.07, 6.45) is 2.72. The van der Waals surface area contributed by atoms with Crippen LogP contribution in [0.1, 0.15) is 12.0 Å². The van der Waals surface area contributed by atoms with E-state index in [0.29, 0.717) is 49.7 Å². The number of nitrogens with zero attached hydrogens (tertiary/aromatic N) is 3. The minimum atomic E-state index is -3.35. The molecule has 0 aromatic carbocycles. The molecule has 3 aliphatic heterocycles. The lowest BCUT2D eigenvalue weighted by atomic mass is 10.1. The van der Waals surface area contributed by atoms with Crippen molar-refractivity contribution in [2.24, 2.45) is 0 Å². The summed E-state index contributed by atoms with van der Waals surface area (Å²) in [5, 5.41) is 3.81. The first-order valence-corrected chi connectivity index (χ1v) is 11.3. The Morgan fingerprint density at radius 1 is 1.44 bits per heavy atom. The third kappa shape index (κ3) is 3.88. The van der Waals surface area contributed by atoms with Gasteiger partial charge in [0.15, 0.2) is 11.6 Å². The minimum absolute atomic E-state index is 0.0108. The van der Waals surface area contributed by atoms with Crippen LogP contribution in [0.5, 0.6) is 5.75 Å². The Morgan fingerprint density at radius 3 is 3.00 bits per heavy atom. The first-order chi connectivity index (χ1) is 13.0. The predicted octanol–water partition coefficient (Wildman–Crippen LogP) is 0.635. The first kappa shape index (κ1) is 19.2. The molecule has 4 heterocycles. The molecule has 1 aromatic rings. The molecule has 1 aromatic heterocycles. The minimum Gasteiger partial charge on any atom is -0.487 e. The number of hydrogen-bond acceptors (Lipinski definition) is 7. The molecule has 2 unspecified atom stereocenters. The van der Waals surface area contributed by atoms with Gasteiger partial charge in [-0.15, -0.1) is 0 Å². The van der Waals surface area contributed by atoms with E-state index in [0.717, 1.165) is 24.3 Å². The molecule has 3 aliphatic rings. The largest absolute Gasteiger partial charge is 0.487 e. The van der Waals surface area contributed by atoms with Gasteiger partial charge in [0.2, 0.25) is 10.0 Å². The highest BCUT2D eigenvalue weighted by Crippen LogP contribution is 2.38. The maximum atomic E-state index is 12.7. The van der Waals surface area contributed by atoms with Crippen molar-refractivity contribution >= 4 is 27.4 Å². The van der Waals surface area contributed by atoms with E-state index < -0.39 is 10.0 Å². The summed E-state index contributed by atoms with van der Waals surface area (Å²) in [5.74, 6) is 1.46. The fourth-order valence-electron chi connectivity index (χ4n) is 3.62. The molecule has 150 valence electrons. The summed E-state index contributed by atoms with van der Waals surface area (Å²) in [7, 11) is -3.35. The van der Waals surface area contributed by atoms with Crippen LogP contribution in [0.2, 0.25) is 5.02 Å². The van der Waals surface area contributed by atoms with Crippen LogP contribution in [-0.4, -0.2) is 81.5 Å². The number of halogens is 1. The molecule has 10 heteroatoms. The Morgan fingerprint density at radius 2 is 2.26 bits per heavy atom. The lowest BCUT2D eigenvalue weighted by Gasteiger charge is -2.44. The van der Waals surface area contributed by atoms with Gasteiger partial charge in [0.1, 0.15) is 6.61 Å². The number of fused-ring (bicyclic) bond motifs is 3. The van der Waals surface area contributed by atoms with E-state index in [4.69, 9.17) is 21.1 Å². The van der Waals surface area contributed by atoms with E-state index in [1.165, 1.54) is 0 Å². The van der Waals surface area contributed by atoms with E-state index in [9.17, 15) is 8.42 Å². The zero-order valence-electron chi connectivity index (χ0n) is 15.4. The monoisotopic (exact) mass is 416 g/mol. The standard InChI is InChI=1S/C17H25ClN4O4S/c1-12-15(18)8-20-17-16(12)26-11-14-9-21(4-5-22(14)17)27(23,24)7-6-25-10-13-2-3-19-13/h8,13-14,19H,2-7,9-11H2,1H3. The maximum absolute atomic E-state index is 12.7. The molecule has 0 aliphatic carbocycles. The Kier molecular flexibility index (Phi) is 5.48. The molecule has 2 atom stereocenters. The molecule has 8 nitrogen and oxygen atoms in total. The molecular weight excluding hydrogens is 392 g/mol. The Hall–Kier alpha value is -1.13. The predicted molar refractivity (Wildman–Crippen MR) is 103 cm³/mol. The van der Waals surface area contributed by atoms with Crippen LogP contribution < -0.4 is 15.0 Å². The van der Waals surface area contributed by atoms with Crippen LogP contribution in [0.4, 0.5) is 5.82 Å². The van der Waals surface area contributed by atoms with Gasteiger partial charge in [0, 0.05) is 37.4 Å². The molecule has 0 radical (unpaired) electrons. The van der Waals surface area contributed by atoms with Crippen molar-refractivity contribution in [2.45, 2.75) is 25.4 Å². The average molecular weight is 417 g/mol. The number of aromatic nitrogens is 1. The van der Waals surface area contributed by atoms with E-state index in [1.807, 2.05) is 6.92 Å². The van der Waals surface area contributed by atoms with Crippen molar-refractivity contribution in [1.82, 2.24) is 14.6 Å². The second-order valence-corrected chi connectivity index (χ2v) is 9.73. The van der Waals surface area contributed by atoms with E-state index in [-0.39, 0.29) is 18.4 Å². The van der Waals surface area contributed by atoms with Gasteiger partial charge in [0.25, 0.3) is 0 Å². The topological polar surface area (TPSA) is 84.0 Å². The SMILES string of the molecule is Cc1c(Cl)cnc2c1OCC1CN(S(=O)(=O)CCOCC3CCN3)CCN21. The third-order valence-electron chi connectivity index (χ3n) is 5.46.